The molecule has 2 aromatic carbocycles. The molecule has 0 saturated carbocycles. The first-order chi connectivity index (χ1) is 18.6. The molecule has 0 radical (unpaired) electrons. The molecule has 2 fully saturated rings. The molecule has 2 saturated heterocycles. The summed E-state index contributed by atoms with van der Waals surface area (Å²) in [4.78, 5) is 46.0. The van der Waals surface area contributed by atoms with Gasteiger partial charge in [-0.3, -0.25) is 4.90 Å². The smallest absolute Gasteiger partial charge is 0.442 e. The Bertz CT molecular complexity index is 1250. The lowest BCUT2D eigenvalue weighted by atomic mass is 10.1. The highest BCUT2D eigenvalue weighted by Crippen LogP contribution is 2.51. The van der Waals surface area contributed by atoms with Gasteiger partial charge in [-0.2, -0.15) is 9.79 Å². The highest BCUT2D eigenvalue weighted by molar-refractivity contribution is 7.59. The number of nitrogens with zero attached hydrogens (tertiary/aromatic N) is 2. The molecule has 2 heterocycles. The Morgan fingerprint density at radius 1 is 1.13 bits per heavy atom. The minimum absolute atomic E-state index is 0.0758. The standard InChI is InChI=1S/C23H24FN3O10P2/c24-19-11-16(3-6-20(19)26-7-9-35-10-8-26)27-14-18(37-22(27)29)13-25-21(28)36-17-4-1-15(2-5-17)12-23(30,38(31)32)39(33)34/h1-6,11,18,30H,7-10,12-14H2,(H-2,25,28,31,32,33,34)/p+2/t18-/m0/s1. The Balaban J connectivity index is 1.28. The van der Waals surface area contributed by atoms with Crippen molar-refractivity contribution in [3.63, 3.8) is 0 Å². The van der Waals surface area contributed by atoms with Crippen LogP contribution in [0.25, 0.3) is 0 Å². The summed E-state index contributed by atoms with van der Waals surface area (Å²) in [5, 5.41) is 9.74. The summed E-state index contributed by atoms with van der Waals surface area (Å²) >= 11 is 0. The van der Waals surface area contributed by atoms with E-state index < -0.39 is 51.7 Å². The van der Waals surface area contributed by atoms with Gasteiger partial charge < -0.3 is 29.5 Å². The third-order valence-electron chi connectivity index (χ3n) is 6.13. The van der Waals surface area contributed by atoms with Crippen LogP contribution in [0.5, 0.6) is 5.75 Å². The summed E-state index contributed by atoms with van der Waals surface area (Å²) < 4.78 is 53.0. The lowest BCUT2D eigenvalue weighted by molar-refractivity contribution is 0.122. The molecule has 2 aliphatic heterocycles. The van der Waals surface area contributed by atoms with Crippen LogP contribution in [-0.4, -0.2) is 77.7 Å². The first-order valence-corrected chi connectivity index (χ1v) is 14.2. The first kappa shape index (κ1) is 28.8. The van der Waals surface area contributed by atoms with Gasteiger partial charge in [-0.25, -0.2) is 14.0 Å². The molecular formula is C23H26FN3O10P2+2. The Morgan fingerprint density at radius 2 is 1.79 bits per heavy atom. The Hall–Kier alpha value is -3.25. The van der Waals surface area contributed by atoms with Crippen molar-refractivity contribution < 1.29 is 52.2 Å². The number of carbonyl (C=O) groups excluding carboxylic acids is 2. The summed E-state index contributed by atoms with van der Waals surface area (Å²) in [5.74, 6) is -0.388. The molecule has 2 unspecified atom stereocenters. The van der Waals surface area contributed by atoms with Gasteiger partial charge in [-0.1, -0.05) is 12.1 Å². The molecule has 0 spiro atoms. The van der Waals surface area contributed by atoms with Crippen molar-refractivity contribution in [2.24, 2.45) is 0 Å². The molecule has 39 heavy (non-hydrogen) atoms. The first-order valence-electron chi connectivity index (χ1n) is 11.8. The van der Waals surface area contributed by atoms with E-state index in [9.17, 15) is 38.0 Å². The number of hydrogen-bond donors (Lipinski definition) is 4. The number of benzene rings is 2. The molecule has 3 atom stereocenters. The van der Waals surface area contributed by atoms with Crippen LogP contribution in [0, 0.1) is 5.82 Å². The van der Waals surface area contributed by atoms with Gasteiger partial charge in [-0.05, 0) is 45.0 Å². The number of hydrogen-bond acceptors (Lipinski definition) is 9. The van der Waals surface area contributed by atoms with Crippen molar-refractivity contribution in [1.29, 1.82) is 0 Å². The van der Waals surface area contributed by atoms with E-state index >= 15 is 0 Å². The summed E-state index contributed by atoms with van der Waals surface area (Å²) in [6.07, 6.45) is -2.82. The molecule has 2 aliphatic rings. The maximum Gasteiger partial charge on any atom is 0.600 e. The average Bonchev–Trinajstić information content (AvgIpc) is 3.29. The lowest BCUT2D eigenvalue weighted by Crippen LogP contribution is -2.37. The van der Waals surface area contributed by atoms with E-state index in [1.54, 1.807) is 12.1 Å². The van der Waals surface area contributed by atoms with Crippen molar-refractivity contribution in [3.05, 3.63) is 53.8 Å². The summed E-state index contributed by atoms with van der Waals surface area (Å²) in [7, 11) is -6.71. The Kier molecular flexibility index (Phi) is 9.06. The normalized spacial score (nSPS) is 19.7. The van der Waals surface area contributed by atoms with Crippen LogP contribution in [0.15, 0.2) is 42.5 Å². The molecule has 0 bridgehead atoms. The topological polar surface area (TPSA) is 175 Å². The molecule has 4 N–H and O–H groups in total. The summed E-state index contributed by atoms with van der Waals surface area (Å²) in [6, 6.07) is 9.86. The predicted octanol–water partition coefficient (Wildman–Crippen LogP) is 2.43. The fraction of sp³-hybridized carbons (Fsp3) is 0.391. The molecule has 0 aromatic heterocycles. The van der Waals surface area contributed by atoms with Crippen LogP contribution in [0.3, 0.4) is 0 Å². The van der Waals surface area contributed by atoms with Crippen molar-refractivity contribution >= 4 is 39.6 Å². The molecular weight excluding hydrogens is 559 g/mol. The molecule has 208 valence electrons. The van der Waals surface area contributed by atoms with E-state index in [0.717, 1.165) is 0 Å². The predicted molar refractivity (Wildman–Crippen MR) is 136 cm³/mol. The van der Waals surface area contributed by atoms with Gasteiger partial charge in [0, 0.05) is 13.1 Å². The van der Waals surface area contributed by atoms with Crippen molar-refractivity contribution in [2.45, 2.75) is 17.6 Å². The number of cyclic esters (lactones) is 1. The van der Waals surface area contributed by atoms with Crippen LogP contribution in [0.1, 0.15) is 5.56 Å². The monoisotopic (exact) mass is 585 g/mol. The second kappa shape index (κ2) is 12.3. The molecule has 2 aromatic rings. The van der Waals surface area contributed by atoms with Gasteiger partial charge in [-0.15, -0.1) is 0 Å². The third kappa shape index (κ3) is 6.85. The molecule has 4 rings (SSSR count). The van der Waals surface area contributed by atoms with Crippen LogP contribution in [0.4, 0.5) is 25.4 Å². The van der Waals surface area contributed by atoms with Crippen LogP contribution in [0.2, 0.25) is 0 Å². The quantitative estimate of drug-likeness (QED) is 0.318. The van der Waals surface area contributed by atoms with Crippen LogP contribution < -0.4 is 19.9 Å². The van der Waals surface area contributed by atoms with Crippen LogP contribution in [-0.2, 0) is 25.0 Å². The zero-order valence-electron chi connectivity index (χ0n) is 20.4. The zero-order valence-corrected chi connectivity index (χ0v) is 22.2. The molecule has 0 aliphatic carbocycles. The van der Waals surface area contributed by atoms with Gasteiger partial charge in [0.1, 0.15) is 24.1 Å². The summed E-state index contributed by atoms with van der Waals surface area (Å²) in [6.45, 7) is 2.15. The second-order valence-electron chi connectivity index (χ2n) is 8.76. The van der Waals surface area contributed by atoms with E-state index in [4.69, 9.17) is 14.2 Å². The number of aliphatic hydroxyl groups is 1. The number of ether oxygens (including phenoxy) is 3. The summed E-state index contributed by atoms with van der Waals surface area (Å²) in [5.41, 5.74) is 1.00. The fourth-order valence-electron chi connectivity index (χ4n) is 4.06. The van der Waals surface area contributed by atoms with E-state index in [2.05, 4.69) is 5.32 Å². The Morgan fingerprint density at radius 3 is 2.41 bits per heavy atom. The second-order valence-corrected chi connectivity index (χ2v) is 11.7. The van der Waals surface area contributed by atoms with Crippen molar-refractivity contribution in [2.75, 3.05) is 49.2 Å². The highest BCUT2D eigenvalue weighted by atomic mass is 31.2. The number of nitrogens with one attached hydrogen (secondary N) is 1. The largest absolute Gasteiger partial charge is 0.600 e. The minimum Gasteiger partial charge on any atom is -0.442 e. The van der Waals surface area contributed by atoms with Gasteiger partial charge in [0.05, 0.1) is 37.7 Å². The fourth-order valence-corrected chi connectivity index (χ4v) is 5.28. The number of morpholine rings is 1. The van der Waals surface area contributed by atoms with E-state index in [1.807, 2.05) is 4.90 Å². The third-order valence-corrected chi connectivity index (χ3v) is 8.70. The van der Waals surface area contributed by atoms with Gasteiger partial charge in [0.15, 0.2) is 0 Å². The average molecular weight is 585 g/mol. The van der Waals surface area contributed by atoms with Gasteiger partial charge in [0.2, 0.25) is 0 Å². The molecule has 13 nitrogen and oxygen atoms in total. The SMILES string of the molecule is O=C(NC[C@H]1CN(c2ccc(N3CCOCC3)c(F)c2)C(=O)O1)Oc1ccc(CC(O)([P+](=O)O)[P+](=O)O)cc1. The lowest BCUT2D eigenvalue weighted by Gasteiger charge is -2.29. The number of rotatable bonds is 9. The van der Waals surface area contributed by atoms with E-state index in [0.29, 0.717) is 37.7 Å². The highest BCUT2D eigenvalue weighted by Gasteiger charge is 2.66. The number of amides is 2. The minimum atomic E-state index is -3.36. The van der Waals surface area contributed by atoms with Gasteiger partial charge in [0.25, 0.3) is 0 Å². The Labute approximate surface area is 223 Å². The molecule has 2 amide bonds. The number of carbonyl (C=O) groups is 2. The molecule has 16 heteroatoms. The van der Waals surface area contributed by atoms with E-state index in [-0.39, 0.29) is 24.4 Å². The van der Waals surface area contributed by atoms with Gasteiger partial charge >= 0.3 is 33.3 Å². The van der Waals surface area contributed by atoms with Crippen LogP contribution >= 0.6 is 16.1 Å². The maximum absolute atomic E-state index is 14.8. The van der Waals surface area contributed by atoms with E-state index in [1.165, 1.54) is 35.2 Å². The zero-order chi connectivity index (χ0) is 28.2. The number of halogens is 1. The maximum atomic E-state index is 14.8. The number of anilines is 2. The van der Waals surface area contributed by atoms with Crippen molar-refractivity contribution in [1.82, 2.24) is 5.32 Å². The van der Waals surface area contributed by atoms with Crippen molar-refractivity contribution in [3.8, 4) is 5.75 Å².